The van der Waals surface area contributed by atoms with Gasteiger partial charge in [0.2, 0.25) is 5.91 Å². The fourth-order valence-electron chi connectivity index (χ4n) is 0.659. The highest BCUT2D eigenvalue weighted by Gasteiger charge is 2.10. The largest absolute Gasteiger partial charge is 0.444 e. The highest BCUT2D eigenvalue weighted by Crippen LogP contribution is 2.13. The molecule has 76 valence electrons. The van der Waals surface area contributed by atoms with Gasteiger partial charge in [-0.2, -0.15) is 0 Å². The zero-order chi connectivity index (χ0) is 10.6. The summed E-state index contributed by atoms with van der Waals surface area (Å²) in [6.45, 7) is -0.381. The second-order valence-electron chi connectivity index (χ2n) is 2.29. The minimum Gasteiger partial charge on any atom is -0.444 e. The van der Waals surface area contributed by atoms with E-state index < -0.39 is 11.8 Å². The van der Waals surface area contributed by atoms with Gasteiger partial charge in [0, 0.05) is 0 Å². The van der Waals surface area contributed by atoms with Crippen LogP contribution in [0.25, 0.3) is 0 Å². The fraction of sp³-hybridized carbons (Fsp3) is 0.143. The molecule has 1 aromatic heterocycles. The topological polar surface area (TPSA) is 94.6 Å². The molecule has 0 aliphatic heterocycles. The van der Waals surface area contributed by atoms with Crippen LogP contribution in [-0.4, -0.2) is 18.4 Å². The van der Waals surface area contributed by atoms with Gasteiger partial charge in [-0.05, 0) is 28.1 Å². The van der Waals surface area contributed by atoms with Crippen LogP contribution in [0.2, 0.25) is 0 Å². The molecule has 0 spiro atoms. The molecule has 0 radical (unpaired) electrons. The van der Waals surface area contributed by atoms with Crippen LogP contribution in [0.15, 0.2) is 21.2 Å². The molecular weight excluding hydrogens is 256 g/mol. The number of rotatable bonds is 4. The number of hydrogen-bond acceptors (Lipinski definition) is 4. The van der Waals surface area contributed by atoms with Gasteiger partial charge in [0.1, 0.15) is 0 Å². The van der Waals surface area contributed by atoms with Crippen molar-refractivity contribution < 1.29 is 18.8 Å². The molecule has 0 saturated carbocycles. The lowest BCUT2D eigenvalue weighted by atomic mass is 10.4. The molecular formula is C7H7BrN2O4. The lowest BCUT2D eigenvalue weighted by molar-refractivity contribution is -0.124. The first-order chi connectivity index (χ1) is 6.59. The minimum absolute atomic E-state index is 0.0707. The van der Waals surface area contributed by atoms with Gasteiger partial charge in [-0.3, -0.25) is 14.4 Å². The molecule has 7 heteroatoms. The molecule has 2 amide bonds. The molecule has 0 unspecified atom stereocenters. The van der Waals surface area contributed by atoms with E-state index in [9.17, 15) is 9.59 Å². The monoisotopic (exact) mass is 262 g/mol. The van der Waals surface area contributed by atoms with Gasteiger partial charge in [0.05, 0.1) is 0 Å². The van der Waals surface area contributed by atoms with Crippen molar-refractivity contribution in [2.75, 3.05) is 6.61 Å². The average molecular weight is 263 g/mol. The number of amides is 2. The van der Waals surface area contributed by atoms with Gasteiger partial charge in [0.15, 0.2) is 17.0 Å². The predicted octanol–water partition coefficient (Wildman–Crippen LogP) is 0.189. The van der Waals surface area contributed by atoms with E-state index in [1.54, 1.807) is 6.07 Å². The summed E-state index contributed by atoms with van der Waals surface area (Å²) in [6, 6.07) is 3.01. The van der Waals surface area contributed by atoms with Crippen LogP contribution in [0.3, 0.4) is 0 Å². The molecule has 0 aliphatic rings. The fourth-order valence-corrected chi connectivity index (χ4v) is 0.966. The van der Waals surface area contributed by atoms with E-state index in [1.807, 2.05) is 5.48 Å². The summed E-state index contributed by atoms with van der Waals surface area (Å²) < 4.78 is 5.34. The molecule has 0 aromatic carbocycles. The molecule has 0 bridgehead atoms. The summed E-state index contributed by atoms with van der Waals surface area (Å²) in [5.74, 6) is -1.19. The summed E-state index contributed by atoms with van der Waals surface area (Å²) in [7, 11) is 0. The molecule has 1 aromatic rings. The van der Waals surface area contributed by atoms with E-state index in [0.29, 0.717) is 4.67 Å². The Hall–Kier alpha value is -1.34. The number of halogens is 1. The molecule has 6 nitrogen and oxygen atoms in total. The number of nitrogens with two attached hydrogens (primary N) is 1. The highest BCUT2D eigenvalue weighted by molar-refractivity contribution is 9.10. The summed E-state index contributed by atoms with van der Waals surface area (Å²) in [5, 5.41) is 0. The van der Waals surface area contributed by atoms with Gasteiger partial charge in [-0.1, -0.05) is 0 Å². The van der Waals surface area contributed by atoms with Gasteiger partial charge < -0.3 is 10.2 Å². The van der Waals surface area contributed by atoms with Crippen LogP contribution in [0.1, 0.15) is 10.6 Å². The van der Waals surface area contributed by atoms with Crippen molar-refractivity contribution in [3.63, 3.8) is 0 Å². The number of carbonyl (C=O) groups excluding carboxylic acids is 2. The third kappa shape index (κ3) is 3.19. The van der Waals surface area contributed by atoms with Crippen LogP contribution < -0.4 is 11.2 Å². The van der Waals surface area contributed by atoms with Crippen molar-refractivity contribution in [3.05, 3.63) is 22.6 Å². The van der Waals surface area contributed by atoms with Crippen molar-refractivity contribution in [2.45, 2.75) is 0 Å². The molecule has 3 N–H and O–H groups in total. The quantitative estimate of drug-likeness (QED) is 0.758. The molecule has 14 heavy (non-hydrogen) atoms. The molecule has 1 rings (SSSR count). The van der Waals surface area contributed by atoms with Crippen molar-refractivity contribution >= 4 is 27.7 Å². The molecule has 1 heterocycles. The first-order valence-electron chi connectivity index (χ1n) is 3.55. The SMILES string of the molecule is NC(=O)CONC(=O)c1ccc(Br)o1. The van der Waals surface area contributed by atoms with Crippen molar-refractivity contribution in [3.8, 4) is 0 Å². The predicted molar refractivity (Wildman–Crippen MR) is 49.0 cm³/mol. The normalized spacial score (nSPS) is 9.79. The van der Waals surface area contributed by atoms with Gasteiger partial charge in [-0.15, -0.1) is 0 Å². The maximum absolute atomic E-state index is 11.1. The number of carbonyl (C=O) groups is 2. The number of primary amides is 1. The summed E-state index contributed by atoms with van der Waals surface area (Å²) >= 11 is 3.03. The average Bonchev–Trinajstić information content (AvgIpc) is 2.51. The lowest BCUT2D eigenvalue weighted by Gasteiger charge is -2.00. The second kappa shape index (κ2) is 4.77. The Kier molecular flexibility index (Phi) is 3.66. The van der Waals surface area contributed by atoms with E-state index >= 15 is 0 Å². The summed E-state index contributed by atoms with van der Waals surface area (Å²) in [5.41, 5.74) is 6.76. The zero-order valence-electron chi connectivity index (χ0n) is 6.95. The number of furan rings is 1. The van der Waals surface area contributed by atoms with Crippen molar-refractivity contribution in [1.82, 2.24) is 5.48 Å². The van der Waals surface area contributed by atoms with Crippen LogP contribution in [0, 0.1) is 0 Å². The summed E-state index contributed by atoms with van der Waals surface area (Å²) in [6.07, 6.45) is 0. The van der Waals surface area contributed by atoms with E-state index in [1.165, 1.54) is 6.07 Å². The van der Waals surface area contributed by atoms with Crippen molar-refractivity contribution in [1.29, 1.82) is 0 Å². The van der Waals surface area contributed by atoms with Crippen LogP contribution in [-0.2, 0) is 9.63 Å². The highest BCUT2D eigenvalue weighted by atomic mass is 79.9. The Balaban J connectivity index is 2.39. The Bertz CT molecular complexity index is 349. The molecule has 0 saturated heterocycles. The molecule has 0 atom stereocenters. The third-order valence-electron chi connectivity index (χ3n) is 1.18. The van der Waals surface area contributed by atoms with E-state index in [-0.39, 0.29) is 12.4 Å². The Morgan fingerprint density at radius 1 is 1.57 bits per heavy atom. The first-order valence-corrected chi connectivity index (χ1v) is 4.34. The van der Waals surface area contributed by atoms with Gasteiger partial charge in [0.25, 0.3) is 0 Å². The Morgan fingerprint density at radius 2 is 2.29 bits per heavy atom. The Labute approximate surface area is 87.5 Å². The third-order valence-corrected chi connectivity index (χ3v) is 1.60. The smallest absolute Gasteiger partial charge is 0.310 e. The standard InChI is InChI=1S/C7H7BrN2O4/c8-5-2-1-4(14-5)7(12)10-13-3-6(9)11/h1-2H,3H2,(H2,9,11)(H,10,12). The molecule has 0 aliphatic carbocycles. The maximum atomic E-state index is 11.1. The van der Waals surface area contributed by atoms with Gasteiger partial charge >= 0.3 is 5.91 Å². The van der Waals surface area contributed by atoms with Crippen LogP contribution in [0.4, 0.5) is 0 Å². The maximum Gasteiger partial charge on any atom is 0.310 e. The minimum atomic E-state index is -0.675. The summed E-state index contributed by atoms with van der Waals surface area (Å²) in [4.78, 5) is 25.8. The van der Waals surface area contributed by atoms with Crippen LogP contribution >= 0.6 is 15.9 Å². The van der Waals surface area contributed by atoms with E-state index in [4.69, 9.17) is 10.2 Å². The zero-order valence-corrected chi connectivity index (χ0v) is 8.54. The Morgan fingerprint density at radius 3 is 2.79 bits per heavy atom. The molecule has 0 fully saturated rings. The lowest BCUT2D eigenvalue weighted by Crippen LogP contribution is -2.29. The van der Waals surface area contributed by atoms with Gasteiger partial charge in [-0.25, -0.2) is 5.48 Å². The second-order valence-corrected chi connectivity index (χ2v) is 3.07. The van der Waals surface area contributed by atoms with E-state index in [0.717, 1.165) is 0 Å². The number of hydrogen-bond donors (Lipinski definition) is 2. The van der Waals surface area contributed by atoms with Crippen molar-refractivity contribution in [2.24, 2.45) is 5.73 Å². The number of nitrogens with one attached hydrogen (secondary N) is 1. The van der Waals surface area contributed by atoms with Crippen LogP contribution in [0.5, 0.6) is 0 Å². The first kappa shape index (κ1) is 10.7. The number of hydroxylamine groups is 1. The van der Waals surface area contributed by atoms with E-state index in [2.05, 4.69) is 20.8 Å².